The average Bonchev–Trinajstić information content (AvgIpc) is 2.59. The monoisotopic (exact) mass is 782 g/mol. The molecule has 176 valence electrons. The molecule has 0 aliphatic rings. The zero-order chi connectivity index (χ0) is 17.3. The van der Waals surface area contributed by atoms with Gasteiger partial charge in [0.1, 0.15) is 13.1 Å². The van der Waals surface area contributed by atoms with Crippen LogP contribution in [0, 0.1) is 0 Å². The van der Waals surface area contributed by atoms with E-state index in [1.54, 1.807) is 37.5 Å². The predicted octanol–water partition coefficient (Wildman–Crippen LogP) is 5.58. The average molecular weight is 784 g/mol. The third-order valence-corrected chi connectivity index (χ3v) is 3.24. The predicted molar refractivity (Wildman–Crippen MR) is 111 cm³/mol. The Balaban J connectivity index is -0.0000000839. The Morgan fingerprint density at radius 1 is 0.462 bits per heavy atom. The molecule has 0 aliphatic carbocycles. The van der Waals surface area contributed by atoms with Gasteiger partial charge in [-0.05, 0) is 25.7 Å². The Labute approximate surface area is 192 Å². The molecule has 0 fully saturated rings. The van der Waals surface area contributed by atoms with Gasteiger partial charge in [0, 0.05) is 0 Å². The summed E-state index contributed by atoms with van der Waals surface area (Å²) in [7, 11) is 9.22. The molecule has 0 radical (unpaired) electrons. The SMILES string of the molecule is [Cl][Pt].[Cl][Pt].[NH-]CCCCCC[NH2+]CC[NH2+]CCCCCC[NH-].[NH2-].[NH2-].[NH2-].[NH2-]. The van der Waals surface area contributed by atoms with Crippen molar-refractivity contribution in [2.24, 2.45) is 0 Å². The summed E-state index contributed by atoms with van der Waals surface area (Å²) in [5.74, 6) is 0. The number of hydrogen-bond donors (Lipinski definition) is 2. The molecule has 26 heavy (non-hydrogen) atoms. The normalized spacial score (nSPS) is 8.15. The van der Waals surface area contributed by atoms with Crippen LogP contribution < -0.4 is 10.6 Å². The first-order valence-corrected chi connectivity index (χ1v) is 13.7. The van der Waals surface area contributed by atoms with Crippen LogP contribution in [0.25, 0.3) is 36.1 Å². The van der Waals surface area contributed by atoms with E-state index in [1.807, 2.05) is 0 Å². The Morgan fingerprint density at radius 3 is 1.00 bits per heavy atom. The van der Waals surface area contributed by atoms with Gasteiger partial charge in [-0.2, -0.15) is 13.1 Å². The minimum atomic E-state index is 0. The molecule has 0 aliphatic heterocycles. The van der Waals surface area contributed by atoms with Gasteiger partial charge >= 0.3 is 56.4 Å². The molecule has 0 amide bonds. The summed E-state index contributed by atoms with van der Waals surface area (Å²) >= 11 is 3.22. The molecule has 0 heterocycles. The van der Waals surface area contributed by atoms with E-state index in [1.165, 1.54) is 64.7 Å². The maximum absolute atomic E-state index is 7.05. The molecule has 0 atom stereocenters. The topological polar surface area (TPSA) is 215 Å². The minimum Gasteiger partial charge on any atom is -0.693 e. The van der Waals surface area contributed by atoms with Gasteiger partial charge in [0.2, 0.25) is 0 Å². The van der Waals surface area contributed by atoms with Crippen molar-refractivity contribution in [3.05, 3.63) is 36.1 Å². The summed E-state index contributed by atoms with van der Waals surface area (Å²) in [5.41, 5.74) is 14.1. The third kappa shape index (κ3) is 56.2. The molecule has 0 saturated carbocycles. The summed E-state index contributed by atoms with van der Waals surface area (Å²) in [5, 5.41) is 4.86. The summed E-state index contributed by atoms with van der Waals surface area (Å²) in [6.45, 7) is 6.20. The zero-order valence-electron chi connectivity index (χ0n) is 15.8. The van der Waals surface area contributed by atoms with E-state index in [2.05, 4.69) is 29.5 Å². The fraction of sp³-hybridized carbons (Fsp3) is 1.00. The molecule has 12 heteroatoms. The van der Waals surface area contributed by atoms with E-state index in [0.717, 1.165) is 12.8 Å². The Hall–Kier alpha value is 1.64. The first kappa shape index (κ1) is 46.0. The van der Waals surface area contributed by atoms with Crippen molar-refractivity contribution in [1.82, 2.24) is 0 Å². The maximum Gasteiger partial charge on any atom is 0.125 e. The standard InChI is InChI=1S/C14H32N4.2ClH.4H2N.2Pt/c15-9-5-1-3-7-11-17-13-14-18-12-8-4-2-6-10-16;;;;;;;;/h15-18H,1-14H2;2*1H;4*1H2;;/q-2;;;4*-1;2*+1. The Morgan fingerprint density at radius 2 is 0.731 bits per heavy atom. The van der Waals surface area contributed by atoms with Crippen LogP contribution in [0.3, 0.4) is 0 Å². The van der Waals surface area contributed by atoms with Crippen molar-refractivity contribution in [3.8, 4) is 0 Å². The molecule has 14 N–H and O–H groups in total. The van der Waals surface area contributed by atoms with Crippen molar-refractivity contribution >= 4 is 18.8 Å². The van der Waals surface area contributed by atoms with Gasteiger partial charge in [-0.3, -0.25) is 0 Å². The molecule has 0 rings (SSSR count). The van der Waals surface area contributed by atoms with E-state index in [9.17, 15) is 0 Å². The van der Waals surface area contributed by atoms with Crippen molar-refractivity contribution in [3.63, 3.8) is 0 Å². The molecule has 0 saturated heterocycles. The minimum absolute atomic E-state index is 0. The molecule has 0 aromatic carbocycles. The first-order chi connectivity index (χ1) is 10.9. The summed E-state index contributed by atoms with van der Waals surface area (Å²) in [6.07, 6.45) is 9.86. The van der Waals surface area contributed by atoms with Crippen LogP contribution in [-0.4, -0.2) is 39.3 Å². The molecular weight excluding hydrogens is 741 g/mol. The second-order valence-electron chi connectivity index (χ2n) is 5.06. The number of rotatable bonds is 15. The van der Waals surface area contributed by atoms with Crippen molar-refractivity contribution in [2.75, 3.05) is 39.3 Å². The van der Waals surface area contributed by atoms with Crippen LogP contribution >= 0.6 is 18.8 Å². The number of unbranched alkanes of at least 4 members (excludes halogenated alkanes) is 6. The molecule has 0 unspecified atom stereocenters. The van der Waals surface area contributed by atoms with Crippen LogP contribution in [0.15, 0.2) is 0 Å². The molecular formula is C14H42Cl2N8Pt2-4. The molecule has 0 bridgehead atoms. The number of nitrogens with one attached hydrogen (secondary N) is 2. The fourth-order valence-corrected chi connectivity index (χ4v) is 2.06. The van der Waals surface area contributed by atoms with E-state index in [-0.39, 0.29) is 24.6 Å². The molecule has 0 spiro atoms. The summed E-state index contributed by atoms with van der Waals surface area (Å²) < 4.78 is 0. The smallest absolute Gasteiger partial charge is 0.125 e. The largest absolute Gasteiger partial charge is 0.693 e. The quantitative estimate of drug-likeness (QED) is 0.195. The van der Waals surface area contributed by atoms with Crippen LogP contribution in [0.2, 0.25) is 0 Å². The van der Waals surface area contributed by atoms with Gasteiger partial charge in [0.05, 0.1) is 13.1 Å². The van der Waals surface area contributed by atoms with E-state index in [4.69, 9.17) is 11.5 Å². The van der Waals surface area contributed by atoms with Gasteiger partial charge in [0.25, 0.3) is 0 Å². The van der Waals surface area contributed by atoms with Gasteiger partial charge in [-0.25, -0.2) is 0 Å². The number of quaternary nitrogens is 2. The number of halogens is 2. The van der Waals surface area contributed by atoms with Crippen LogP contribution in [0.1, 0.15) is 51.4 Å². The summed E-state index contributed by atoms with van der Waals surface area (Å²) in [4.78, 5) is 0. The molecule has 0 aromatic rings. The zero-order valence-corrected chi connectivity index (χ0v) is 21.8. The Kier molecular flexibility index (Phi) is 99.7. The van der Waals surface area contributed by atoms with E-state index in [0.29, 0.717) is 13.1 Å². The van der Waals surface area contributed by atoms with Gasteiger partial charge < -0.3 is 46.7 Å². The third-order valence-electron chi connectivity index (χ3n) is 3.24. The van der Waals surface area contributed by atoms with Gasteiger partial charge in [-0.1, -0.05) is 25.7 Å². The van der Waals surface area contributed by atoms with Crippen LogP contribution in [0.4, 0.5) is 0 Å². The van der Waals surface area contributed by atoms with Crippen molar-refractivity contribution in [1.29, 1.82) is 0 Å². The first-order valence-electron chi connectivity index (χ1n) is 8.08. The second-order valence-corrected chi connectivity index (χ2v) is 5.06. The van der Waals surface area contributed by atoms with Crippen LogP contribution in [-0.2, 0) is 37.5 Å². The van der Waals surface area contributed by atoms with Gasteiger partial charge in [0.15, 0.2) is 0 Å². The molecule has 8 nitrogen and oxygen atoms in total. The number of hydrogen-bond acceptors (Lipinski definition) is 0. The van der Waals surface area contributed by atoms with Crippen LogP contribution in [0.5, 0.6) is 0 Å². The summed E-state index contributed by atoms with van der Waals surface area (Å²) in [6, 6.07) is 0. The fourth-order valence-electron chi connectivity index (χ4n) is 2.06. The number of nitrogens with two attached hydrogens (primary N) is 6. The maximum atomic E-state index is 7.05. The van der Waals surface area contributed by atoms with E-state index >= 15 is 0 Å². The van der Waals surface area contributed by atoms with E-state index < -0.39 is 0 Å². The van der Waals surface area contributed by atoms with Crippen molar-refractivity contribution < 1.29 is 48.2 Å². The molecule has 0 aromatic heterocycles. The van der Waals surface area contributed by atoms with Crippen molar-refractivity contribution in [2.45, 2.75) is 51.4 Å². The Bertz CT molecular complexity index is 153. The second kappa shape index (κ2) is 56.3. The van der Waals surface area contributed by atoms with Gasteiger partial charge in [-0.15, -0.1) is 0 Å².